The number of nitrogens with one attached hydrogen (secondary N) is 1. The van der Waals surface area contributed by atoms with Gasteiger partial charge in [-0.05, 0) is 17.7 Å². The molecule has 6 heteroatoms. The molecule has 24 heavy (non-hydrogen) atoms. The summed E-state index contributed by atoms with van der Waals surface area (Å²) in [5.41, 5.74) is 2.39. The van der Waals surface area contributed by atoms with Gasteiger partial charge in [0.05, 0.1) is 45.7 Å². The lowest BCUT2D eigenvalue weighted by Crippen LogP contribution is -3.12. The van der Waals surface area contributed by atoms with E-state index in [2.05, 4.69) is 39.4 Å². The molecule has 0 radical (unpaired) electrons. The van der Waals surface area contributed by atoms with Crippen molar-refractivity contribution in [1.29, 1.82) is 0 Å². The Morgan fingerprint density at radius 1 is 1.12 bits per heavy atom. The number of methoxy groups -OCH3 is 1. The zero-order valence-corrected chi connectivity index (χ0v) is 14.8. The molecular weight excluding hydrogens is 320 g/mol. The molecular formula is C18H21N4OS+. The van der Waals surface area contributed by atoms with Gasteiger partial charge in [0.2, 0.25) is 0 Å². The second-order valence-corrected chi connectivity index (χ2v) is 7.06. The topological polar surface area (TPSA) is 42.7 Å². The maximum atomic E-state index is 5.27. The van der Waals surface area contributed by atoms with Gasteiger partial charge in [-0.25, -0.2) is 9.97 Å². The molecule has 3 aromatic rings. The summed E-state index contributed by atoms with van der Waals surface area (Å²) in [6.07, 6.45) is 1.69. The molecule has 0 saturated carbocycles. The van der Waals surface area contributed by atoms with Crippen LogP contribution in [0.1, 0.15) is 0 Å². The molecule has 1 aliphatic rings. The Labute approximate surface area is 145 Å². The van der Waals surface area contributed by atoms with Gasteiger partial charge in [0.25, 0.3) is 0 Å². The number of rotatable bonds is 3. The summed E-state index contributed by atoms with van der Waals surface area (Å²) in [6, 6.07) is 8.21. The average molecular weight is 341 g/mol. The molecule has 124 valence electrons. The Kier molecular flexibility index (Phi) is 4.08. The van der Waals surface area contributed by atoms with Gasteiger partial charge in [-0.15, -0.1) is 11.3 Å². The van der Waals surface area contributed by atoms with E-state index in [1.54, 1.807) is 29.7 Å². The summed E-state index contributed by atoms with van der Waals surface area (Å²) < 4.78 is 5.27. The van der Waals surface area contributed by atoms with Crippen LogP contribution in [-0.4, -0.2) is 50.3 Å². The normalized spacial score (nSPS) is 15.8. The second kappa shape index (κ2) is 6.37. The van der Waals surface area contributed by atoms with Crippen LogP contribution in [0.4, 0.5) is 5.82 Å². The fourth-order valence-electron chi connectivity index (χ4n) is 3.18. The number of aromatic nitrogens is 2. The number of likely N-dealkylation sites (N-methyl/N-ethyl adjacent to an activating group) is 1. The molecule has 5 nitrogen and oxygen atoms in total. The fraction of sp³-hybridized carbons (Fsp3) is 0.333. The number of hydrogen-bond acceptors (Lipinski definition) is 5. The van der Waals surface area contributed by atoms with E-state index < -0.39 is 0 Å². The van der Waals surface area contributed by atoms with E-state index in [-0.39, 0.29) is 0 Å². The van der Waals surface area contributed by atoms with Gasteiger partial charge in [0, 0.05) is 10.9 Å². The van der Waals surface area contributed by atoms with Crippen LogP contribution in [0.5, 0.6) is 5.75 Å². The van der Waals surface area contributed by atoms with Crippen LogP contribution in [0.2, 0.25) is 0 Å². The molecule has 0 bridgehead atoms. The molecule has 0 spiro atoms. The lowest BCUT2D eigenvalue weighted by Gasteiger charge is -2.31. The molecule has 1 fully saturated rings. The van der Waals surface area contributed by atoms with Crippen LogP contribution in [0, 0.1) is 0 Å². The van der Waals surface area contributed by atoms with Crippen molar-refractivity contribution in [2.75, 3.05) is 45.2 Å². The van der Waals surface area contributed by atoms with Crippen molar-refractivity contribution < 1.29 is 9.64 Å². The number of fused-ring (bicyclic) bond motifs is 1. The molecule has 1 saturated heterocycles. The molecule has 1 N–H and O–H groups in total. The van der Waals surface area contributed by atoms with E-state index in [1.807, 2.05) is 12.1 Å². The van der Waals surface area contributed by atoms with Gasteiger partial charge in [-0.1, -0.05) is 12.1 Å². The minimum atomic E-state index is 0.872. The van der Waals surface area contributed by atoms with Crippen molar-refractivity contribution in [3.63, 3.8) is 0 Å². The van der Waals surface area contributed by atoms with Crippen molar-refractivity contribution in [2.24, 2.45) is 0 Å². The lowest BCUT2D eigenvalue weighted by molar-refractivity contribution is -0.880. The molecule has 0 amide bonds. The Balaban J connectivity index is 1.79. The third-order valence-electron chi connectivity index (χ3n) is 4.67. The fourth-order valence-corrected chi connectivity index (χ4v) is 4.09. The highest BCUT2D eigenvalue weighted by atomic mass is 32.1. The first-order valence-corrected chi connectivity index (χ1v) is 9.07. The molecule has 0 unspecified atom stereocenters. The number of ether oxygens (including phenoxy) is 1. The highest BCUT2D eigenvalue weighted by Crippen LogP contribution is 2.38. The van der Waals surface area contributed by atoms with Crippen LogP contribution in [0.15, 0.2) is 36.0 Å². The zero-order chi connectivity index (χ0) is 16.5. The second-order valence-electron chi connectivity index (χ2n) is 6.20. The van der Waals surface area contributed by atoms with Gasteiger partial charge >= 0.3 is 0 Å². The standard InChI is InChI=1S/C18H20N4OS/c1-21-7-9-22(10-8-21)17-16-15(11-24-18(16)20-12-19-17)13-3-5-14(23-2)6-4-13/h3-6,11-12H,7-10H2,1-2H3/p+1. The number of hydrogen-bond donors (Lipinski definition) is 1. The highest BCUT2D eigenvalue weighted by molar-refractivity contribution is 7.17. The van der Waals surface area contributed by atoms with Crippen molar-refractivity contribution in [1.82, 2.24) is 9.97 Å². The van der Waals surface area contributed by atoms with Crippen molar-refractivity contribution in [3.05, 3.63) is 36.0 Å². The summed E-state index contributed by atoms with van der Waals surface area (Å²) in [6.45, 7) is 4.37. The van der Waals surface area contributed by atoms with Crippen LogP contribution in [0.3, 0.4) is 0 Å². The average Bonchev–Trinajstić information content (AvgIpc) is 3.07. The quantitative estimate of drug-likeness (QED) is 0.787. The maximum absolute atomic E-state index is 5.27. The predicted octanol–water partition coefficient (Wildman–Crippen LogP) is 1.70. The van der Waals surface area contributed by atoms with Gasteiger partial charge in [0.15, 0.2) is 0 Å². The smallest absolute Gasteiger partial charge is 0.141 e. The van der Waals surface area contributed by atoms with Crippen LogP contribution in [-0.2, 0) is 0 Å². The summed E-state index contributed by atoms with van der Waals surface area (Å²) in [4.78, 5) is 14.2. The van der Waals surface area contributed by atoms with Gasteiger partial charge in [-0.3, -0.25) is 0 Å². The Hall–Kier alpha value is -2.18. The van der Waals surface area contributed by atoms with Crippen LogP contribution >= 0.6 is 11.3 Å². The minimum absolute atomic E-state index is 0.872. The molecule has 1 aromatic carbocycles. The Bertz CT molecular complexity index is 838. The van der Waals surface area contributed by atoms with Crippen LogP contribution < -0.4 is 14.5 Å². The number of piperazine rings is 1. The lowest BCUT2D eigenvalue weighted by atomic mass is 10.1. The SMILES string of the molecule is COc1ccc(-c2csc3ncnc(N4CC[NH+](C)CC4)c23)cc1. The molecule has 2 aromatic heterocycles. The van der Waals surface area contributed by atoms with E-state index in [9.17, 15) is 0 Å². The number of quaternary nitrogens is 1. The van der Waals surface area contributed by atoms with Crippen molar-refractivity contribution >= 4 is 27.4 Å². The third kappa shape index (κ3) is 2.72. The highest BCUT2D eigenvalue weighted by Gasteiger charge is 2.22. The Morgan fingerprint density at radius 3 is 2.58 bits per heavy atom. The molecule has 3 heterocycles. The zero-order valence-electron chi connectivity index (χ0n) is 14.0. The van der Waals surface area contributed by atoms with E-state index in [1.165, 1.54) is 16.5 Å². The van der Waals surface area contributed by atoms with E-state index in [0.717, 1.165) is 42.6 Å². The molecule has 4 rings (SSSR count). The van der Waals surface area contributed by atoms with Crippen molar-refractivity contribution in [3.8, 4) is 16.9 Å². The first kappa shape index (κ1) is 15.4. The number of thiophene rings is 1. The number of anilines is 1. The van der Waals surface area contributed by atoms with E-state index in [0.29, 0.717) is 0 Å². The molecule has 0 aliphatic carbocycles. The predicted molar refractivity (Wildman–Crippen MR) is 98.2 cm³/mol. The summed E-state index contributed by atoms with van der Waals surface area (Å²) in [5.74, 6) is 1.94. The monoisotopic (exact) mass is 341 g/mol. The molecule has 1 aliphatic heterocycles. The van der Waals surface area contributed by atoms with Gasteiger partial charge in [-0.2, -0.15) is 0 Å². The van der Waals surface area contributed by atoms with Crippen molar-refractivity contribution in [2.45, 2.75) is 0 Å². The van der Waals surface area contributed by atoms with Gasteiger partial charge in [0.1, 0.15) is 22.7 Å². The summed E-state index contributed by atoms with van der Waals surface area (Å²) in [5, 5.41) is 3.36. The first-order valence-electron chi connectivity index (χ1n) is 8.19. The number of benzene rings is 1. The third-order valence-corrected chi connectivity index (χ3v) is 5.55. The summed E-state index contributed by atoms with van der Waals surface area (Å²) in [7, 11) is 3.94. The first-order chi connectivity index (χ1) is 11.8. The van der Waals surface area contributed by atoms with Gasteiger partial charge < -0.3 is 14.5 Å². The molecule has 0 atom stereocenters. The largest absolute Gasteiger partial charge is 0.497 e. The minimum Gasteiger partial charge on any atom is -0.497 e. The van der Waals surface area contributed by atoms with Crippen LogP contribution in [0.25, 0.3) is 21.3 Å². The number of nitrogens with zero attached hydrogens (tertiary/aromatic N) is 3. The van der Waals surface area contributed by atoms with E-state index in [4.69, 9.17) is 4.74 Å². The maximum Gasteiger partial charge on any atom is 0.141 e. The Morgan fingerprint density at radius 2 is 1.88 bits per heavy atom. The van der Waals surface area contributed by atoms with E-state index >= 15 is 0 Å². The summed E-state index contributed by atoms with van der Waals surface area (Å²) >= 11 is 1.68.